The van der Waals surface area contributed by atoms with Gasteiger partial charge in [0.05, 0.1) is 0 Å². The van der Waals surface area contributed by atoms with Crippen LogP contribution in [0.25, 0.3) is 0 Å². The summed E-state index contributed by atoms with van der Waals surface area (Å²) in [6, 6.07) is 7.05. The van der Waals surface area contributed by atoms with Crippen molar-refractivity contribution in [3.63, 3.8) is 0 Å². The second-order valence-corrected chi connectivity index (χ2v) is 6.95. The Morgan fingerprint density at radius 3 is 2.83 bits per heavy atom. The molecular formula is C19H32BN3. The molecule has 0 amide bonds. The Labute approximate surface area is 142 Å². The molecule has 1 saturated heterocycles. The third-order valence-electron chi connectivity index (χ3n) is 4.88. The Morgan fingerprint density at radius 1 is 1.43 bits per heavy atom. The molecule has 1 aliphatic rings. The summed E-state index contributed by atoms with van der Waals surface area (Å²) >= 11 is 0. The van der Waals surface area contributed by atoms with Crippen molar-refractivity contribution in [1.29, 1.82) is 0 Å². The highest BCUT2D eigenvalue weighted by molar-refractivity contribution is 6.08. The number of rotatable bonds is 9. The first-order valence-electron chi connectivity index (χ1n) is 9.01. The van der Waals surface area contributed by atoms with Crippen molar-refractivity contribution in [2.75, 3.05) is 33.2 Å². The molecule has 1 aromatic carbocycles. The molecule has 3 N–H and O–H groups in total. The topological polar surface area (TPSA) is 41.3 Å². The highest BCUT2D eigenvalue weighted by Crippen LogP contribution is 2.23. The summed E-state index contributed by atoms with van der Waals surface area (Å²) in [6.45, 7) is 6.76. The predicted molar refractivity (Wildman–Crippen MR) is 103 cm³/mol. The highest BCUT2D eigenvalue weighted by Gasteiger charge is 2.26. The van der Waals surface area contributed by atoms with Gasteiger partial charge in [-0.05, 0) is 67.6 Å². The van der Waals surface area contributed by atoms with Crippen molar-refractivity contribution in [2.45, 2.75) is 32.5 Å². The maximum atomic E-state index is 5.66. The second kappa shape index (κ2) is 9.14. The zero-order chi connectivity index (χ0) is 16.7. The molecule has 2 rings (SSSR count). The zero-order valence-electron chi connectivity index (χ0n) is 15.1. The van der Waals surface area contributed by atoms with Crippen LogP contribution in [-0.2, 0) is 12.8 Å². The van der Waals surface area contributed by atoms with Crippen LogP contribution in [-0.4, -0.2) is 46.0 Å². The predicted octanol–water partition coefficient (Wildman–Crippen LogP) is 1.52. The SMILES string of the molecule is BCCc1ccc(CC2CN(CC/C(=C/N)CNC)C2)c(C)c1. The number of likely N-dealkylation sites (N-methyl/N-ethyl adjacent to an activating group) is 1. The summed E-state index contributed by atoms with van der Waals surface area (Å²) < 4.78 is 0. The lowest BCUT2D eigenvalue weighted by Gasteiger charge is -2.40. The number of likely N-dealkylation sites (tertiary alicyclic amines) is 1. The monoisotopic (exact) mass is 313 g/mol. The number of hydrogen-bond donors (Lipinski definition) is 2. The van der Waals surface area contributed by atoms with Crippen molar-refractivity contribution < 1.29 is 0 Å². The molecule has 0 saturated carbocycles. The number of hydrogen-bond acceptors (Lipinski definition) is 3. The highest BCUT2D eigenvalue weighted by atomic mass is 15.2. The van der Waals surface area contributed by atoms with Gasteiger partial charge in [-0.2, -0.15) is 0 Å². The van der Waals surface area contributed by atoms with Gasteiger partial charge < -0.3 is 16.0 Å². The molecule has 1 aromatic rings. The Bertz CT molecular complexity index is 521. The van der Waals surface area contributed by atoms with Crippen LogP contribution < -0.4 is 11.1 Å². The maximum absolute atomic E-state index is 5.66. The van der Waals surface area contributed by atoms with Crippen LogP contribution >= 0.6 is 0 Å². The third kappa shape index (κ3) is 5.40. The molecule has 1 fully saturated rings. The lowest BCUT2D eigenvalue weighted by atomic mass is 9.88. The molecule has 23 heavy (non-hydrogen) atoms. The van der Waals surface area contributed by atoms with Gasteiger partial charge in [0.2, 0.25) is 0 Å². The van der Waals surface area contributed by atoms with E-state index in [0.29, 0.717) is 0 Å². The smallest absolute Gasteiger partial charge is 0.101 e. The van der Waals surface area contributed by atoms with Crippen molar-refractivity contribution in [1.82, 2.24) is 10.2 Å². The van der Waals surface area contributed by atoms with E-state index in [1.54, 1.807) is 6.20 Å². The van der Waals surface area contributed by atoms with E-state index in [1.807, 2.05) is 7.05 Å². The summed E-state index contributed by atoms with van der Waals surface area (Å²) in [6.07, 6.45) is 6.49. The largest absolute Gasteiger partial charge is 0.405 e. The Balaban J connectivity index is 1.73. The van der Waals surface area contributed by atoms with Crippen molar-refractivity contribution in [2.24, 2.45) is 11.7 Å². The van der Waals surface area contributed by atoms with Gasteiger partial charge in [0, 0.05) is 26.2 Å². The van der Waals surface area contributed by atoms with E-state index in [0.717, 1.165) is 25.4 Å². The average Bonchev–Trinajstić information content (AvgIpc) is 2.50. The van der Waals surface area contributed by atoms with E-state index < -0.39 is 0 Å². The lowest BCUT2D eigenvalue weighted by molar-refractivity contribution is 0.102. The average molecular weight is 313 g/mol. The Kier molecular flexibility index (Phi) is 7.19. The second-order valence-electron chi connectivity index (χ2n) is 6.95. The molecule has 0 unspecified atom stereocenters. The van der Waals surface area contributed by atoms with Crippen LogP contribution in [0.15, 0.2) is 30.0 Å². The van der Waals surface area contributed by atoms with Crippen molar-refractivity contribution in [3.05, 3.63) is 46.7 Å². The standard InChI is InChI=1S/C19H32BN3/c1-15-9-16(5-7-20)3-4-19(15)10-18-13-23(14-18)8-6-17(11-21)12-22-2/h3-4,9,11,18,22H,5-8,10,12-14,20-21H2,1-2H3/b17-11-. The molecule has 3 nitrogen and oxygen atoms in total. The van der Waals surface area contributed by atoms with Gasteiger partial charge in [0.25, 0.3) is 0 Å². The van der Waals surface area contributed by atoms with Crippen LogP contribution in [0.2, 0.25) is 6.32 Å². The fraction of sp³-hybridized carbons (Fsp3) is 0.579. The minimum atomic E-state index is 0.820. The van der Waals surface area contributed by atoms with Crippen molar-refractivity contribution >= 4 is 7.85 Å². The van der Waals surface area contributed by atoms with Crippen LogP contribution in [0.1, 0.15) is 23.1 Å². The molecule has 0 spiro atoms. The number of nitrogens with one attached hydrogen (secondary N) is 1. The van der Waals surface area contributed by atoms with E-state index in [2.05, 4.69) is 43.2 Å². The number of benzene rings is 1. The van der Waals surface area contributed by atoms with Gasteiger partial charge in [0.15, 0.2) is 0 Å². The molecule has 0 atom stereocenters. The van der Waals surface area contributed by atoms with Gasteiger partial charge in [-0.15, -0.1) is 0 Å². The number of aryl methyl sites for hydroxylation is 2. The minimum Gasteiger partial charge on any atom is -0.405 e. The maximum Gasteiger partial charge on any atom is 0.101 e. The fourth-order valence-electron chi connectivity index (χ4n) is 3.49. The molecule has 0 radical (unpaired) electrons. The quantitative estimate of drug-likeness (QED) is 0.679. The molecule has 0 aliphatic carbocycles. The van der Waals surface area contributed by atoms with Crippen LogP contribution in [0, 0.1) is 12.8 Å². The molecule has 126 valence electrons. The normalized spacial score (nSPS) is 16.5. The summed E-state index contributed by atoms with van der Waals surface area (Å²) in [5.74, 6) is 0.820. The van der Waals surface area contributed by atoms with Crippen LogP contribution in [0.4, 0.5) is 0 Å². The first-order valence-corrected chi connectivity index (χ1v) is 9.01. The van der Waals surface area contributed by atoms with E-state index in [9.17, 15) is 0 Å². The van der Waals surface area contributed by atoms with Crippen LogP contribution in [0.3, 0.4) is 0 Å². The summed E-state index contributed by atoms with van der Waals surface area (Å²) in [5.41, 5.74) is 11.5. The zero-order valence-corrected chi connectivity index (χ0v) is 15.1. The molecular weight excluding hydrogens is 281 g/mol. The first-order chi connectivity index (χ1) is 11.2. The number of nitrogens with zero attached hydrogens (tertiary/aromatic N) is 1. The van der Waals surface area contributed by atoms with Gasteiger partial charge >= 0.3 is 0 Å². The molecule has 1 aliphatic heterocycles. The van der Waals surface area contributed by atoms with Gasteiger partial charge in [0.1, 0.15) is 7.85 Å². The van der Waals surface area contributed by atoms with E-state index in [4.69, 9.17) is 5.73 Å². The molecule has 0 aromatic heterocycles. The molecule has 0 bridgehead atoms. The third-order valence-corrected chi connectivity index (χ3v) is 4.88. The van der Waals surface area contributed by atoms with Gasteiger partial charge in [-0.1, -0.05) is 24.5 Å². The minimum absolute atomic E-state index is 0.820. The summed E-state index contributed by atoms with van der Waals surface area (Å²) in [4.78, 5) is 2.55. The summed E-state index contributed by atoms with van der Waals surface area (Å²) in [5, 5.41) is 3.17. The van der Waals surface area contributed by atoms with Gasteiger partial charge in [-0.25, -0.2) is 0 Å². The molecule has 4 heteroatoms. The number of nitrogens with two attached hydrogens (primary N) is 1. The first kappa shape index (κ1) is 18.1. The van der Waals surface area contributed by atoms with Gasteiger partial charge in [-0.3, -0.25) is 0 Å². The van der Waals surface area contributed by atoms with E-state index >= 15 is 0 Å². The lowest BCUT2D eigenvalue weighted by Crippen LogP contribution is -2.48. The summed E-state index contributed by atoms with van der Waals surface area (Å²) in [7, 11) is 4.21. The Morgan fingerprint density at radius 2 is 2.22 bits per heavy atom. The van der Waals surface area contributed by atoms with E-state index in [-0.39, 0.29) is 0 Å². The fourth-order valence-corrected chi connectivity index (χ4v) is 3.49. The van der Waals surface area contributed by atoms with Crippen molar-refractivity contribution in [3.8, 4) is 0 Å². The van der Waals surface area contributed by atoms with Crippen LogP contribution in [0.5, 0.6) is 0 Å². The van der Waals surface area contributed by atoms with E-state index in [1.165, 1.54) is 54.5 Å². The molecule has 1 heterocycles. The Hall–Kier alpha value is -1.26.